The minimum Gasteiger partial charge on any atom is -0.460 e. The fraction of sp³-hybridized carbons (Fsp3) is 0.136. The maximum atomic E-state index is 13.4. The third-order valence-electron chi connectivity index (χ3n) is 4.32. The first-order chi connectivity index (χ1) is 15.1. The second-order valence-electron chi connectivity index (χ2n) is 6.46. The summed E-state index contributed by atoms with van der Waals surface area (Å²) in [5.74, 6) is 0.00402. The standard InChI is InChI=1S/C22H19FN4O3S/c1-29-12-13-30-22-25-20(15-4-6-16(23)7-5-15)27(26-22)18-10-8-17(9-11-18)24-21(28)19-3-2-14-31-19/h2-11,14H,12-13H2,1H3,(H,24,28). The van der Waals surface area contributed by atoms with Gasteiger partial charge in [-0.15, -0.1) is 16.4 Å². The van der Waals surface area contributed by atoms with Gasteiger partial charge in [0, 0.05) is 18.4 Å². The van der Waals surface area contributed by atoms with Crippen LogP contribution in [0.1, 0.15) is 9.67 Å². The van der Waals surface area contributed by atoms with Gasteiger partial charge in [-0.25, -0.2) is 9.07 Å². The summed E-state index contributed by atoms with van der Waals surface area (Å²) in [6, 6.07) is 17.0. The molecular formula is C22H19FN4O3S. The maximum absolute atomic E-state index is 13.4. The number of thiophene rings is 1. The van der Waals surface area contributed by atoms with Crippen molar-refractivity contribution >= 4 is 22.9 Å². The third kappa shape index (κ3) is 4.96. The quantitative estimate of drug-likeness (QED) is 0.412. The number of rotatable bonds is 8. The van der Waals surface area contributed by atoms with Crippen LogP contribution in [0.4, 0.5) is 10.1 Å². The molecule has 2 heterocycles. The molecule has 0 radical (unpaired) electrons. The molecule has 0 fully saturated rings. The molecule has 158 valence electrons. The summed E-state index contributed by atoms with van der Waals surface area (Å²) in [6.07, 6.45) is 0. The number of nitrogens with zero attached hydrogens (tertiary/aromatic N) is 3. The Bertz CT molecular complexity index is 1140. The van der Waals surface area contributed by atoms with Gasteiger partial charge in [0.05, 0.1) is 17.2 Å². The molecule has 4 rings (SSSR count). The summed E-state index contributed by atoms with van der Waals surface area (Å²) in [4.78, 5) is 17.3. The number of carbonyl (C=O) groups is 1. The van der Waals surface area contributed by atoms with E-state index in [2.05, 4.69) is 15.4 Å². The molecule has 1 N–H and O–H groups in total. The van der Waals surface area contributed by atoms with Crippen LogP contribution in [-0.2, 0) is 4.74 Å². The molecule has 0 aliphatic rings. The molecule has 4 aromatic rings. The number of aromatic nitrogens is 3. The van der Waals surface area contributed by atoms with Crippen LogP contribution in [0.3, 0.4) is 0 Å². The number of anilines is 1. The highest BCUT2D eigenvalue weighted by Gasteiger charge is 2.15. The number of carbonyl (C=O) groups excluding carboxylic acids is 1. The van der Waals surface area contributed by atoms with E-state index in [0.29, 0.717) is 40.9 Å². The Hall–Kier alpha value is -3.56. The smallest absolute Gasteiger partial charge is 0.336 e. The summed E-state index contributed by atoms with van der Waals surface area (Å²) < 4.78 is 25.5. The zero-order chi connectivity index (χ0) is 21.6. The Morgan fingerprint density at radius 1 is 1.10 bits per heavy atom. The van der Waals surface area contributed by atoms with E-state index in [0.717, 1.165) is 0 Å². The maximum Gasteiger partial charge on any atom is 0.336 e. The number of nitrogens with one attached hydrogen (secondary N) is 1. The van der Waals surface area contributed by atoms with Gasteiger partial charge in [-0.2, -0.15) is 4.98 Å². The highest BCUT2D eigenvalue weighted by molar-refractivity contribution is 7.12. The average molecular weight is 438 g/mol. The van der Waals surface area contributed by atoms with Crippen LogP contribution in [-0.4, -0.2) is 41.0 Å². The first-order valence-electron chi connectivity index (χ1n) is 9.44. The molecule has 0 unspecified atom stereocenters. The van der Waals surface area contributed by atoms with Crippen molar-refractivity contribution in [1.29, 1.82) is 0 Å². The minimum absolute atomic E-state index is 0.163. The van der Waals surface area contributed by atoms with Gasteiger partial charge in [0.15, 0.2) is 5.82 Å². The van der Waals surface area contributed by atoms with Crippen molar-refractivity contribution in [2.24, 2.45) is 0 Å². The van der Waals surface area contributed by atoms with E-state index in [1.54, 1.807) is 42.1 Å². The Balaban J connectivity index is 1.60. The van der Waals surface area contributed by atoms with Crippen molar-refractivity contribution in [3.05, 3.63) is 76.7 Å². The van der Waals surface area contributed by atoms with Crippen molar-refractivity contribution in [2.75, 3.05) is 25.6 Å². The lowest BCUT2D eigenvalue weighted by molar-refractivity contribution is 0.103. The normalized spacial score (nSPS) is 10.8. The summed E-state index contributed by atoms with van der Waals surface area (Å²) in [5, 5.41) is 9.14. The van der Waals surface area contributed by atoms with Gasteiger partial charge in [-0.05, 0) is 60.0 Å². The first kappa shape index (κ1) is 20.7. The van der Waals surface area contributed by atoms with Crippen LogP contribution >= 0.6 is 11.3 Å². The summed E-state index contributed by atoms with van der Waals surface area (Å²) in [7, 11) is 1.58. The van der Waals surface area contributed by atoms with Gasteiger partial charge < -0.3 is 14.8 Å². The Morgan fingerprint density at radius 2 is 1.87 bits per heavy atom. The highest BCUT2D eigenvalue weighted by Crippen LogP contribution is 2.25. The van der Waals surface area contributed by atoms with Gasteiger partial charge in [0.1, 0.15) is 12.4 Å². The zero-order valence-corrected chi connectivity index (χ0v) is 17.4. The molecule has 1 amide bonds. The predicted molar refractivity (Wildman–Crippen MR) is 116 cm³/mol. The Labute approximate surface area is 182 Å². The second kappa shape index (κ2) is 9.50. The monoisotopic (exact) mass is 438 g/mol. The zero-order valence-electron chi connectivity index (χ0n) is 16.6. The van der Waals surface area contributed by atoms with Gasteiger partial charge >= 0.3 is 6.01 Å². The molecule has 0 bridgehead atoms. The molecule has 0 saturated heterocycles. The van der Waals surface area contributed by atoms with Crippen molar-refractivity contribution in [3.63, 3.8) is 0 Å². The molecule has 0 atom stereocenters. The average Bonchev–Trinajstić information content (AvgIpc) is 3.46. The number of methoxy groups -OCH3 is 1. The third-order valence-corrected chi connectivity index (χ3v) is 5.19. The van der Waals surface area contributed by atoms with Gasteiger partial charge in [-0.1, -0.05) is 6.07 Å². The number of benzene rings is 2. The SMILES string of the molecule is COCCOc1nc(-c2ccc(F)cc2)n(-c2ccc(NC(=O)c3cccs3)cc2)n1. The second-order valence-corrected chi connectivity index (χ2v) is 7.40. The van der Waals surface area contributed by atoms with Crippen molar-refractivity contribution in [1.82, 2.24) is 14.8 Å². The lowest BCUT2D eigenvalue weighted by Crippen LogP contribution is -2.10. The lowest BCUT2D eigenvalue weighted by atomic mass is 10.2. The van der Waals surface area contributed by atoms with Crippen LogP contribution in [0.25, 0.3) is 17.1 Å². The fourth-order valence-corrected chi connectivity index (χ4v) is 3.44. The fourth-order valence-electron chi connectivity index (χ4n) is 2.82. The highest BCUT2D eigenvalue weighted by atomic mass is 32.1. The topological polar surface area (TPSA) is 78.3 Å². The molecule has 0 saturated carbocycles. The molecule has 9 heteroatoms. The van der Waals surface area contributed by atoms with E-state index in [-0.39, 0.29) is 17.7 Å². The summed E-state index contributed by atoms with van der Waals surface area (Å²) >= 11 is 1.38. The first-order valence-corrected chi connectivity index (χ1v) is 10.3. The van der Waals surface area contributed by atoms with Crippen LogP contribution < -0.4 is 10.1 Å². The van der Waals surface area contributed by atoms with Crippen LogP contribution in [0.15, 0.2) is 66.0 Å². The van der Waals surface area contributed by atoms with Crippen molar-refractivity contribution < 1.29 is 18.7 Å². The van der Waals surface area contributed by atoms with Gasteiger partial charge in [0.25, 0.3) is 5.91 Å². The van der Waals surface area contributed by atoms with E-state index in [1.807, 2.05) is 23.6 Å². The molecular weight excluding hydrogens is 419 g/mol. The number of halogens is 1. The van der Waals surface area contributed by atoms with E-state index in [4.69, 9.17) is 9.47 Å². The van der Waals surface area contributed by atoms with E-state index in [9.17, 15) is 9.18 Å². The molecule has 31 heavy (non-hydrogen) atoms. The van der Waals surface area contributed by atoms with Crippen LogP contribution in [0, 0.1) is 5.82 Å². The minimum atomic E-state index is -0.336. The van der Waals surface area contributed by atoms with E-state index >= 15 is 0 Å². The molecule has 0 aliphatic heterocycles. The largest absolute Gasteiger partial charge is 0.460 e. The number of ether oxygens (including phenoxy) is 2. The number of amides is 1. The molecule has 0 aliphatic carbocycles. The number of hydrogen-bond acceptors (Lipinski definition) is 6. The molecule has 2 aromatic carbocycles. The van der Waals surface area contributed by atoms with Gasteiger partial charge in [0.2, 0.25) is 0 Å². The lowest BCUT2D eigenvalue weighted by Gasteiger charge is -2.08. The van der Waals surface area contributed by atoms with Crippen LogP contribution in [0.2, 0.25) is 0 Å². The van der Waals surface area contributed by atoms with E-state index in [1.165, 1.54) is 23.5 Å². The Morgan fingerprint density at radius 3 is 2.55 bits per heavy atom. The molecule has 2 aromatic heterocycles. The van der Waals surface area contributed by atoms with Crippen molar-refractivity contribution in [2.45, 2.75) is 0 Å². The van der Waals surface area contributed by atoms with Crippen molar-refractivity contribution in [3.8, 4) is 23.1 Å². The molecule has 0 spiro atoms. The summed E-state index contributed by atoms with van der Waals surface area (Å²) in [6.45, 7) is 0.704. The van der Waals surface area contributed by atoms with Crippen LogP contribution in [0.5, 0.6) is 6.01 Å². The Kier molecular flexibility index (Phi) is 6.34. The van der Waals surface area contributed by atoms with E-state index < -0.39 is 0 Å². The molecule has 7 nitrogen and oxygen atoms in total. The predicted octanol–water partition coefficient (Wildman–Crippen LogP) is 4.41. The van der Waals surface area contributed by atoms with Gasteiger partial charge in [-0.3, -0.25) is 4.79 Å². The summed E-state index contributed by atoms with van der Waals surface area (Å²) in [5.41, 5.74) is 2.05. The number of hydrogen-bond donors (Lipinski definition) is 1.